The van der Waals surface area contributed by atoms with Crippen molar-refractivity contribution in [1.29, 1.82) is 0 Å². The van der Waals surface area contributed by atoms with Crippen molar-refractivity contribution in [2.45, 2.75) is 70.9 Å². The molecule has 3 heteroatoms. The highest BCUT2D eigenvalue weighted by molar-refractivity contribution is 5.39. The van der Waals surface area contributed by atoms with Crippen LogP contribution in [0.2, 0.25) is 0 Å². The van der Waals surface area contributed by atoms with Gasteiger partial charge in [-0.3, -0.25) is 0 Å². The molecule has 1 aromatic rings. The van der Waals surface area contributed by atoms with Gasteiger partial charge in [0.05, 0.1) is 0 Å². The van der Waals surface area contributed by atoms with Crippen LogP contribution in [0.15, 0.2) is 18.2 Å². The minimum atomic E-state index is -0.456. The molecule has 0 aliphatic heterocycles. The maximum atomic E-state index is 10.2. The van der Waals surface area contributed by atoms with Crippen LogP contribution in [0.4, 0.5) is 0 Å². The van der Waals surface area contributed by atoms with E-state index in [9.17, 15) is 5.11 Å². The number of benzene rings is 1. The van der Waals surface area contributed by atoms with Crippen molar-refractivity contribution in [3.05, 3.63) is 29.3 Å². The number of nitrogens with one attached hydrogen (secondary N) is 1. The number of rotatable bonds is 7. The molecule has 22 heavy (non-hydrogen) atoms. The van der Waals surface area contributed by atoms with Gasteiger partial charge in [-0.15, -0.1) is 0 Å². The highest BCUT2D eigenvalue weighted by Gasteiger charge is 2.15. The topological polar surface area (TPSA) is 41.5 Å². The number of ether oxygens (including phenoxy) is 1. The van der Waals surface area contributed by atoms with Crippen LogP contribution in [-0.2, 0) is 0 Å². The normalized spacial score (nSPS) is 17.7. The molecule has 1 unspecified atom stereocenters. The summed E-state index contributed by atoms with van der Waals surface area (Å²) in [6, 6.07) is 6.88. The van der Waals surface area contributed by atoms with E-state index in [1.54, 1.807) is 0 Å². The first-order valence-electron chi connectivity index (χ1n) is 8.71. The van der Waals surface area contributed by atoms with E-state index < -0.39 is 6.10 Å². The Balaban J connectivity index is 1.80. The van der Waals surface area contributed by atoms with Crippen molar-refractivity contribution >= 4 is 0 Å². The van der Waals surface area contributed by atoms with Gasteiger partial charge in [0.15, 0.2) is 0 Å². The molecule has 2 N–H and O–H groups in total. The van der Waals surface area contributed by atoms with Crippen LogP contribution >= 0.6 is 0 Å². The molecule has 1 fully saturated rings. The molecule has 124 valence electrons. The standard InChI is InChI=1S/C19H31NO2/c1-14(2)18-10-9-15(3)11-19(18)22-13-17(21)12-20-16-7-5-4-6-8-16/h9-11,14,16-17,20-21H,4-8,12-13H2,1-3H3. The Bertz CT molecular complexity index is 453. The average molecular weight is 305 g/mol. The van der Waals surface area contributed by atoms with E-state index in [1.165, 1.54) is 43.2 Å². The summed E-state index contributed by atoms with van der Waals surface area (Å²) in [5.41, 5.74) is 2.40. The Hall–Kier alpha value is -1.06. The van der Waals surface area contributed by atoms with Crippen molar-refractivity contribution in [3.8, 4) is 5.75 Å². The second-order valence-corrected chi connectivity index (χ2v) is 6.90. The molecule has 1 saturated carbocycles. The molecule has 0 heterocycles. The van der Waals surface area contributed by atoms with Crippen molar-refractivity contribution in [1.82, 2.24) is 5.32 Å². The lowest BCUT2D eigenvalue weighted by atomic mass is 9.95. The molecular formula is C19H31NO2. The molecule has 1 aliphatic carbocycles. The lowest BCUT2D eigenvalue weighted by molar-refractivity contribution is 0.101. The zero-order valence-corrected chi connectivity index (χ0v) is 14.3. The number of hydrogen-bond acceptors (Lipinski definition) is 3. The molecule has 1 aliphatic rings. The average Bonchev–Trinajstić information content (AvgIpc) is 2.51. The van der Waals surface area contributed by atoms with E-state index in [4.69, 9.17) is 4.74 Å². The fourth-order valence-electron chi connectivity index (χ4n) is 3.10. The smallest absolute Gasteiger partial charge is 0.123 e. The molecule has 0 aromatic heterocycles. The van der Waals surface area contributed by atoms with Crippen LogP contribution in [0.5, 0.6) is 5.75 Å². The van der Waals surface area contributed by atoms with E-state index in [1.807, 2.05) is 0 Å². The van der Waals surface area contributed by atoms with Crippen LogP contribution in [-0.4, -0.2) is 30.4 Å². The maximum Gasteiger partial charge on any atom is 0.123 e. The third-order valence-electron chi connectivity index (χ3n) is 4.47. The van der Waals surface area contributed by atoms with Gasteiger partial charge < -0.3 is 15.2 Å². The van der Waals surface area contributed by atoms with Crippen LogP contribution in [0.3, 0.4) is 0 Å². The SMILES string of the molecule is Cc1ccc(C(C)C)c(OCC(O)CNC2CCCCC2)c1. The number of aryl methyl sites for hydroxylation is 1. The summed E-state index contributed by atoms with van der Waals surface area (Å²) in [5, 5.41) is 13.6. The lowest BCUT2D eigenvalue weighted by Gasteiger charge is -2.24. The van der Waals surface area contributed by atoms with Gasteiger partial charge in [0.1, 0.15) is 18.5 Å². The summed E-state index contributed by atoms with van der Waals surface area (Å²) in [7, 11) is 0. The van der Waals surface area contributed by atoms with Gasteiger partial charge in [0.2, 0.25) is 0 Å². The van der Waals surface area contributed by atoms with Gasteiger partial charge in [-0.05, 0) is 42.9 Å². The second-order valence-electron chi connectivity index (χ2n) is 6.90. The predicted molar refractivity (Wildman–Crippen MR) is 91.6 cm³/mol. The molecule has 1 atom stereocenters. The molecule has 1 aromatic carbocycles. The third kappa shape index (κ3) is 5.29. The van der Waals surface area contributed by atoms with Crippen LogP contribution in [0, 0.1) is 6.92 Å². The van der Waals surface area contributed by atoms with E-state index in [2.05, 4.69) is 44.3 Å². The van der Waals surface area contributed by atoms with Crippen LogP contribution in [0.25, 0.3) is 0 Å². The maximum absolute atomic E-state index is 10.2. The molecule has 0 bridgehead atoms. The van der Waals surface area contributed by atoms with E-state index in [0.717, 1.165) is 5.75 Å². The zero-order valence-electron chi connectivity index (χ0n) is 14.3. The Labute approximate surface area is 135 Å². The Kier molecular flexibility index (Phi) is 6.71. The summed E-state index contributed by atoms with van der Waals surface area (Å²) < 4.78 is 5.89. The van der Waals surface area contributed by atoms with E-state index in [-0.39, 0.29) is 0 Å². The highest BCUT2D eigenvalue weighted by atomic mass is 16.5. The third-order valence-corrected chi connectivity index (χ3v) is 4.47. The summed E-state index contributed by atoms with van der Waals surface area (Å²) in [6.45, 7) is 7.37. The van der Waals surface area contributed by atoms with Gasteiger partial charge in [0.25, 0.3) is 0 Å². The van der Waals surface area contributed by atoms with Crippen molar-refractivity contribution in [2.24, 2.45) is 0 Å². The fourth-order valence-corrected chi connectivity index (χ4v) is 3.10. The van der Waals surface area contributed by atoms with Gasteiger partial charge >= 0.3 is 0 Å². The summed E-state index contributed by atoms with van der Waals surface area (Å²) in [6.07, 6.45) is 6.00. The summed E-state index contributed by atoms with van der Waals surface area (Å²) in [5.74, 6) is 1.33. The van der Waals surface area contributed by atoms with Crippen LogP contribution < -0.4 is 10.1 Å². The molecule has 0 saturated heterocycles. The van der Waals surface area contributed by atoms with Gasteiger partial charge in [-0.1, -0.05) is 45.2 Å². The minimum absolute atomic E-state index is 0.350. The first-order valence-corrected chi connectivity index (χ1v) is 8.71. The van der Waals surface area contributed by atoms with Crippen molar-refractivity contribution in [3.63, 3.8) is 0 Å². The quantitative estimate of drug-likeness (QED) is 0.805. The fraction of sp³-hybridized carbons (Fsp3) is 0.684. The Morgan fingerprint density at radius 3 is 2.64 bits per heavy atom. The Morgan fingerprint density at radius 2 is 1.95 bits per heavy atom. The van der Waals surface area contributed by atoms with E-state index >= 15 is 0 Å². The van der Waals surface area contributed by atoms with Gasteiger partial charge in [0, 0.05) is 12.6 Å². The highest BCUT2D eigenvalue weighted by Crippen LogP contribution is 2.27. The number of aliphatic hydroxyl groups is 1. The first-order chi connectivity index (χ1) is 10.6. The first kappa shape index (κ1) is 17.3. The lowest BCUT2D eigenvalue weighted by Crippen LogP contribution is -2.39. The number of hydrogen-bond donors (Lipinski definition) is 2. The molecule has 0 spiro atoms. The van der Waals surface area contributed by atoms with Gasteiger partial charge in [-0.2, -0.15) is 0 Å². The Morgan fingerprint density at radius 1 is 1.23 bits per heavy atom. The molecule has 3 nitrogen and oxygen atoms in total. The molecular weight excluding hydrogens is 274 g/mol. The zero-order chi connectivity index (χ0) is 15.9. The monoisotopic (exact) mass is 305 g/mol. The molecule has 0 amide bonds. The summed E-state index contributed by atoms with van der Waals surface area (Å²) in [4.78, 5) is 0. The van der Waals surface area contributed by atoms with E-state index in [0.29, 0.717) is 25.1 Å². The largest absolute Gasteiger partial charge is 0.491 e. The summed E-state index contributed by atoms with van der Waals surface area (Å²) >= 11 is 0. The van der Waals surface area contributed by atoms with Crippen molar-refractivity contribution < 1.29 is 9.84 Å². The molecule has 2 rings (SSSR count). The minimum Gasteiger partial charge on any atom is -0.491 e. The molecule has 0 radical (unpaired) electrons. The number of aliphatic hydroxyl groups excluding tert-OH is 1. The van der Waals surface area contributed by atoms with Crippen LogP contribution in [0.1, 0.15) is 63.0 Å². The van der Waals surface area contributed by atoms with Crippen molar-refractivity contribution in [2.75, 3.05) is 13.2 Å². The second kappa shape index (κ2) is 8.54. The van der Waals surface area contributed by atoms with Gasteiger partial charge in [-0.25, -0.2) is 0 Å². The predicted octanol–water partition coefficient (Wildman–Crippen LogP) is 3.78.